The van der Waals surface area contributed by atoms with Crippen LogP contribution >= 0.6 is 22.6 Å². The van der Waals surface area contributed by atoms with Crippen molar-refractivity contribution >= 4 is 32.4 Å². The van der Waals surface area contributed by atoms with E-state index in [4.69, 9.17) is 4.74 Å². The summed E-state index contributed by atoms with van der Waals surface area (Å²) in [5.74, 6) is 1.02. The van der Waals surface area contributed by atoms with Gasteiger partial charge in [-0.05, 0) is 12.3 Å². The van der Waals surface area contributed by atoms with Crippen LogP contribution in [0.2, 0.25) is 0 Å². The van der Waals surface area contributed by atoms with Crippen LogP contribution in [0.1, 0.15) is 26.7 Å². The largest absolute Gasteiger partial charge is 0.376 e. The molecule has 1 heterocycles. The summed E-state index contributed by atoms with van der Waals surface area (Å²) < 4.78 is 28.5. The van der Waals surface area contributed by atoms with Crippen LogP contribution in [0, 0.1) is 5.92 Å². The summed E-state index contributed by atoms with van der Waals surface area (Å²) in [6.07, 6.45) is 2.21. The molecular formula is C10H19IO3S. The van der Waals surface area contributed by atoms with Gasteiger partial charge in [0, 0.05) is 6.61 Å². The van der Waals surface area contributed by atoms with Crippen LogP contribution in [0.15, 0.2) is 0 Å². The van der Waals surface area contributed by atoms with Crippen molar-refractivity contribution in [2.24, 2.45) is 5.92 Å². The molecule has 15 heavy (non-hydrogen) atoms. The maximum Gasteiger partial charge on any atom is 0.154 e. The van der Waals surface area contributed by atoms with Gasteiger partial charge in [-0.15, -0.1) is 0 Å². The zero-order valence-corrected chi connectivity index (χ0v) is 12.3. The zero-order valence-electron chi connectivity index (χ0n) is 9.28. The van der Waals surface area contributed by atoms with Gasteiger partial charge in [0.2, 0.25) is 0 Å². The number of halogens is 1. The molecule has 1 rings (SSSR count). The molecule has 3 unspecified atom stereocenters. The molecule has 1 fully saturated rings. The fourth-order valence-electron chi connectivity index (χ4n) is 1.79. The molecule has 5 heteroatoms. The normalized spacial score (nSPS) is 31.7. The van der Waals surface area contributed by atoms with Gasteiger partial charge in [0.1, 0.15) is 0 Å². The highest BCUT2D eigenvalue weighted by Crippen LogP contribution is 2.23. The maximum absolute atomic E-state index is 11.3. The molecule has 0 radical (unpaired) electrons. The smallest absolute Gasteiger partial charge is 0.154 e. The van der Waals surface area contributed by atoms with Gasteiger partial charge in [-0.2, -0.15) is 0 Å². The second kappa shape index (κ2) is 5.82. The van der Waals surface area contributed by atoms with E-state index in [-0.39, 0.29) is 21.5 Å². The Kier molecular flexibility index (Phi) is 5.31. The van der Waals surface area contributed by atoms with Crippen molar-refractivity contribution in [1.82, 2.24) is 0 Å². The zero-order chi connectivity index (χ0) is 11.5. The lowest BCUT2D eigenvalue weighted by molar-refractivity contribution is 0.0517. The van der Waals surface area contributed by atoms with E-state index >= 15 is 0 Å². The quantitative estimate of drug-likeness (QED) is 0.565. The third kappa shape index (κ3) is 4.56. The molecule has 0 N–H and O–H groups in total. The number of rotatable bonds is 5. The number of ether oxygens (including phenoxy) is 1. The Hall–Kier alpha value is 0.640. The highest BCUT2D eigenvalue weighted by molar-refractivity contribution is 14.1. The van der Waals surface area contributed by atoms with Crippen LogP contribution in [-0.4, -0.2) is 36.6 Å². The summed E-state index contributed by atoms with van der Waals surface area (Å²) >= 11 is 2.18. The van der Waals surface area contributed by atoms with Crippen molar-refractivity contribution in [3.05, 3.63) is 0 Å². The van der Waals surface area contributed by atoms with Gasteiger partial charge < -0.3 is 4.74 Å². The fourth-order valence-corrected chi connectivity index (χ4v) is 5.90. The van der Waals surface area contributed by atoms with Gasteiger partial charge in [0.15, 0.2) is 9.84 Å². The van der Waals surface area contributed by atoms with E-state index in [0.717, 1.165) is 12.8 Å². The standard InChI is InChI=1S/C10H19IO3S/c1-3-4-8(2)5-14-10-7-15(12,13)6-9(10)11/h8-10H,3-7H2,1-2H3. The first-order valence-corrected chi connectivity index (χ1v) is 8.47. The molecule has 0 bridgehead atoms. The number of hydrogen-bond donors (Lipinski definition) is 0. The van der Waals surface area contributed by atoms with Gasteiger partial charge in [-0.25, -0.2) is 8.42 Å². The average molecular weight is 346 g/mol. The molecule has 3 atom stereocenters. The van der Waals surface area contributed by atoms with Gasteiger partial charge in [-0.1, -0.05) is 42.9 Å². The third-order valence-corrected chi connectivity index (χ3v) is 6.15. The van der Waals surface area contributed by atoms with Crippen LogP contribution in [0.4, 0.5) is 0 Å². The van der Waals surface area contributed by atoms with Crippen LogP contribution in [0.5, 0.6) is 0 Å². The van der Waals surface area contributed by atoms with Gasteiger partial charge in [-0.3, -0.25) is 0 Å². The van der Waals surface area contributed by atoms with Crippen molar-refractivity contribution in [2.45, 2.75) is 36.7 Å². The fraction of sp³-hybridized carbons (Fsp3) is 1.00. The molecule has 0 aliphatic carbocycles. The molecular weight excluding hydrogens is 327 g/mol. The maximum atomic E-state index is 11.3. The van der Waals surface area contributed by atoms with E-state index < -0.39 is 9.84 Å². The topological polar surface area (TPSA) is 43.4 Å². The lowest BCUT2D eigenvalue weighted by atomic mass is 10.1. The number of alkyl halides is 1. The molecule has 1 aliphatic heterocycles. The average Bonchev–Trinajstić information content (AvgIpc) is 2.36. The summed E-state index contributed by atoms with van der Waals surface area (Å²) in [6.45, 7) is 4.99. The molecule has 0 aromatic carbocycles. The van der Waals surface area contributed by atoms with Crippen molar-refractivity contribution in [1.29, 1.82) is 0 Å². The van der Waals surface area contributed by atoms with Gasteiger partial charge in [0.05, 0.1) is 21.5 Å². The summed E-state index contributed by atoms with van der Waals surface area (Å²) in [4.78, 5) is 0. The molecule has 90 valence electrons. The minimum atomic E-state index is -2.84. The highest BCUT2D eigenvalue weighted by Gasteiger charge is 2.36. The van der Waals surface area contributed by atoms with Crippen LogP contribution < -0.4 is 0 Å². The lowest BCUT2D eigenvalue weighted by Gasteiger charge is -2.17. The first kappa shape index (κ1) is 13.7. The molecule has 0 aromatic heterocycles. The van der Waals surface area contributed by atoms with E-state index in [9.17, 15) is 8.42 Å². The van der Waals surface area contributed by atoms with Gasteiger partial charge >= 0.3 is 0 Å². The van der Waals surface area contributed by atoms with Crippen LogP contribution in [0.3, 0.4) is 0 Å². The molecule has 1 saturated heterocycles. The Morgan fingerprint density at radius 2 is 2.13 bits per heavy atom. The SMILES string of the molecule is CCCC(C)COC1CS(=O)(=O)CC1I. The van der Waals surface area contributed by atoms with Crippen molar-refractivity contribution in [2.75, 3.05) is 18.1 Å². The Labute approximate surface area is 106 Å². The van der Waals surface area contributed by atoms with Crippen LogP contribution in [-0.2, 0) is 14.6 Å². The monoisotopic (exact) mass is 346 g/mol. The summed E-state index contributed by atoms with van der Waals surface area (Å²) in [5, 5.41) is 0. The Balaban J connectivity index is 2.34. The molecule has 0 amide bonds. The van der Waals surface area contributed by atoms with Crippen molar-refractivity contribution in [3.63, 3.8) is 0 Å². The van der Waals surface area contributed by atoms with E-state index in [1.807, 2.05) is 0 Å². The lowest BCUT2D eigenvalue weighted by Crippen LogP contribution is -2.24. The number of hydrogen-bond acceptors (Lipinski definition) is 3. The minimum absolute atomic E-state index is 0.0880. The summed E-state index contributed by atoms with van der Waals surface area (Å²) in [7, 11) is -2.84. The van der Waals surface area contributed by atoms with Gasteiger partial charge in [0.25, 0.3) is 0 Å². The molecule has 0 saturated carbocycles. The van der Waals surface area contributed by atoms with Crippen LogP contribution in [0.25, 0.3) is 0 Å². The van der Waals surface area contributed by atoms with E-state index in [1.54, 1.807) is 0 Å². The molecule has 0 aromatic rings. The van der Waals surface area contributed by atoms with E-state index in [1.165, 1.54) is 0 Å². The first-order valence-electron chi connectivity index (χ1n) is 5.40. The first-order chi connectivity index (χ1) is 6.94. The third-order valence-electron chi connectivity index (χ3n) is 2.61. The van der Waals surface area contributed by atoms with E-state index in [0.29, 0.717) is 12.5 Å². The summed E-state index contributed by atoms with van der Waals surface area (Å²) in [5.41, 5.74) is 0. The Morgan fingerprint density at radius 1 is 1.47 bits per heavy atom. The number of sulfone groups is 1. The molecule has 0 spiro atoms. The second-order valence-electron chi connectivity index (χ2n) is 4.36. The predicted octanol–water partition coefficient (Wildman–Crippen LogP) is 2.04. The molecule has 3 nitrogen and oxygen atoms in total. The predicted molar refractivity (Wildman–Crippen MR) is 70.3 cm³/mol. The minimum Gasteiger partial charge on any atom is -0.376 e. The Morgan fingerprint density at radius 3 is 2.60 bits per heavy atom. The summed E-state index contributed by atoms with van der Waals surface area (Å²) in [6, 6.07) is 0. The van der Waals surface area contributed by atoms with E-state index in [2.05, 4.69) is 36.4 Å². The van der Waals surface area contributed by atoms with Crippen molar-refractivity contribution in [3.8, 4) is 0 Å². The molecule has 1 aliphatic rings. The second-order valence-corrected chi connectivity index (χ2v) is 8.11. The highest BCUT2D eigenvalue weighted by atomic mass is 127. The Bertz CT molecular complexity index is 289. The van der Waals surface area contributed by atoms with Crippen molar-refractivity contribution < 1.29 is 13.2 Å².